The summed E-state index contributed by atoms with van der Waals surface area (Å²) in [6.45, 7) is 3.03. The Bertz CT molecular complexity index is 265. The molecule has 0 saturated carbocycles. The van der Waals surface area contributed by atoms with E-state index in [0.717, 1.165) is 28.1 Å². The van der Waals surface area contributed by atoms with Crippen LogP contribution in [0.2, 0.25) is 4.34 Å². The summed E-state index contributed by atoms with van der Waals surface area (Å²) in [6.07, 6.45) is 4.99. The van der Waals surface area contributed by atoms with Crippen molar-refractivity contribution in [1.29, 1.82) is 0 Å². The molecule has 0 spiro atoms. The van der Waals surface area contributed by atoms with Gasteiger partial charge in [-0.2, -0.15) is 11.8 Å². The van der Waals surface area contributed by atoms with Gasteiger partial charge in [0.25, 0.3) is 0 Å². The quantitative estimate of drug-likeness (QED) is 0.840. The van der Waals surface area contributed by atoms with Gasteiger partial charge < -0.3 is 5.32 Å². The lowest BCUT2D eigenvalue weighted by Gasteiger charge is -2.14. The zero-order chi connectivity index (χ0) is 10.4. The molecule has 1 unspecified atom stereocenters. The van der Waals surface area contributed by atoms with Gasteiger partial charge in [0.1, 0.15) is 9.34 Å². The normalized spacial score (nSPS) is 13.1. The van der Waals surface area contributed by atoms with Crippen LogP contribution in [0.3, 0.4) is 0 Å². The largest absolute Gasteiger partial charge is 0.307 e. The standard InChI is InChI=1S/C9H15ClN2S2/c1-3-7(6-13-2)11-5-9-12-4-8(10)14-9/h4,7,11H,3,5-6H2,1-2H3. The highest BCUT2D eigenvalue weighted by molar-refractivity contribution is 7.98. The van der Waals surface area contributed by atoms with E-state index < -0.39 is 0 Å². The Hall–Kier alpha value is 0.230. The third kappa shape index (κ3) is 4.17. The van der Waals surface area contributed by atoms with Gasteiger partial charge in [-0.25, -0.2) is 4.98 Å². The van der Waals surface area contributed by atoms with E-state index in [1.165, 1.54) is 0 Å². The summed E-state index contributed by atoms with van der Waals surface area (Å²) < 4.78 is 0.764. The van der Waals surface area contributed by atoms with E-state index in [2.05, 4.69) is 23.5 Å². The van der Waals surface area contributed by atoms with Crippen molar-refractivity contribution < 1.29 is 0 Å². The lowest BCUT2D eigenvalue weighted by atomic mass is 10.2. The molecule has 0 aliphatic heterocycles. The van der Waals surface area contributed by atoms with Crippen LogP contribution in [0.25, 0.3) is 0 Å². The molecule has 0 amide bonds. The highest BCUT2D eigenvalue weighted by Gasteiger charge is 2.06. The fourth-order valence-electron chi connectivity index (χ4n) is 1.12. The van der Waals surface area contributed by atoms with Crippen LogP contribution in [0.5, 0.6) is 0 Å². The Balaban J connectivity index is 2.31. The van der Waals surface area contributed by atoms with Crippen molar-refractivity contribution >= 4 is 34.7 Å². The number of thiazole rings is 1. The fourth-order valence-corrected chi connectivity index (χ4v) is 2.79. The molecule has 0 saturated heterocycles. The van der Waals surface area contributed by atoms with Crippen molar-refractivity contribution in [3.8, 4) is 0 Å². The van der Waals surface area contributed by atoms with E-state index >= 15 is 0 Å². The predicted octanol–water partition coefficient (Wildman–Crippen LogP) is 3.03. The van der Waals surface area contributed by atoms with Crippen LogP contribution in [0.15, 0.2) is 6.20 Å². The summed E-state index contributed by atoms with van der Waals surface area (Å²) in [6, 6.07) is 0.577. The number of hydrogen-bond donors (Lipinski definition) is 1. The first-order valence-electron chi connectivity index (χ1n) is 4.58. The first kappa shape index (κ1) is 12.3. The van der Waals surface area contributed by atoms with Crippen LogP contribution >= 0.6 is 34.7 Å². The zero-order valence-corrected chi connectivity index (χ0v) is 10.8. The Morgan fingerprint density at radius 2 is 2.50 bits per heavy atom. The second kappa shape index (κ2) is 6.67. The maximum Gasteiger partial charge on any atom is 0.113 e. The average Bonchev–Trinajstić information content (AvgIpc) is 2.59. The van der Waals surface area contributed by atoms with Crippen molar-refractivity contribution in [2.24, 2.45) is 0 Å². The average molecular weight is 251 g/mol. The molecular weight excluding hydrogens is 236 g/mol. The molecule has 0 bridgehead atoms. The van der Waals surface area contributed by atoms with Gasteiger partial charge in [-0.05, 0) is 12.7 Å². The number of nitrogens with zero attached hydrogens (tertiary/aromatic N) is 1. The van der Waals surface area contributed by atoms with Gasteiger partial charge in [0, 0.05) is 18.3 Å². The van der Waals surface area contributed by atoms with Crippen LogP contribution in [-0.4, -0.2) is 23.0 Å². The first-order valence-corrected chi connectivity index (χ1v) is 7.17. The van der Waals surface area contributed by atoms with E-state index in [-0.39, 0.29) is 0 Å². The van der Waals surface area contributed by atoms with Crippen molar-refractivity contribution in [1.82, 2.24) is 10.3 Å². The molecule has 0 aliphatic rings. The summed E-state index contributed by atoms with van der Waals surface area (Å²) >= 11 is 9.21. The van der Waals surface area contributed by atoms with Crippen LogP contribution in [0.4, 0.5) is 0 Å². The number of nitrogens with one attached hydrogen (secondary N) is 1. The van der Waals surface area contributed by atoms with Crippen molar-refractivity contribution in [2.45, 2.75) is 25.9 Å². The van der Waals surface area contributed by atoms with Crippen molar-refractivity contribution in [3.63, 3.8) is 0 Å². The molecular formula is C9H15ClN2S2. The number of hydrogen-bond acceptors (Lipinski definition) is 4. The summed E-state index contributed by atoms with van der Waals surface area (Å²) in [5.74, 6) is 1.15. The molecule has 1 N–H and O–H groups in total. The molecule has 0 radical (unpaired) electrons. The van der Waals surface area contributed by atoms with E-state index in [4.69, 9.17) is 11.6 Å². The third-order valence-corrected chi connectivity index (χ3v) is 3.78. The van der Waals surface area contributed by atoms with E-state index in [9.17, 15) is 0 Å². The second-order valence-corrected chi connectivity index (χ2v) is 5.66. The lowest BCUT2D eigenvalue weighted by molar-refractivity contribution is 0.540. The molecule has 80 valence electrons. The molecule has 2 nitrogen and oxygen atoms in total. The minimum Gasteiger partial charge on any atom is -0.307 e. The molecule has 1 aromatic heterocycles. The summed E-state index contributed by atoms with van der Waals surface area (Å²) in [7, 11) is 0. The van der Waals surface area contributed by atoms with Gasteiger partial charge in [0.15, 0.2) is 0 Å². The fraction of sp³-hybridized carbons (Fsp3) is 0.667. The first-order chi connectivity index (χ1) is 6.76. The van der Waals surface area contributed by atoms with Crippen molar-refractivity contribution in [2.75, 3.05) is 12.0 Å². The summed E-state index contributed by atoms with van der Waals surface area (Å²) in [5, 5.41) is 4.53. The molecule has 1 heterocycles. The molecule has 1 rings (SSSR count). The topological polar surface area (TPSA) is 24.9 Å². The minimum absolute atomic E-state index is 0.577. The molecule has 1 atom stereocenters. The number of rotatable bonds is 6. The maximum absolute atomic E-state index is 5.79. The highest BCUT2D eigenvalue weighted by Crippen LogP contribution is 2.18. The van der Waals surface area contributed by atoms with E-state index in [0.29, 0.717) is 6.04 Å². The molecule has 0 aromatic carbocycles. The zero-order valence-electron chi connectivity index (χ0n) is 8.42. The smallest absolute Gasteiger partial charge is 0.113 e. The molecule has 0 fully saturated rings. The maximum atomic E-state index is 5.79. The van der Waals surface area contributed by atoms with Gasteiger partial charge in [-0.15, -0.1) is 11.3 Å². The lowest BCUT2D eigenvalue weighted by Crippen LogP contribution is -2.29. The molecule has 0 aliphatic carbocycles. The monoisotopic (exact) mass is 250 g/mol. The van der Waals surface area contributed by atoms with Gasteiger partial charge in [-0.1, -0.05) is 18.5 Å². The highest BCUT2D eigenvalue weighted by atomic mass is 35.5. The number of thioether (sulfide) groups is 1. The van der Waals surface area contributed by atoms with Crippen LogP contribution in [0.1, 0.15) is 18.4 Å². The number of halogens is 1. The van der Waals surface area contributed by atoms with Crippen LogP contribution < -0.4 is 5.32 Å². The minimum atomic E-state index is 0.577. The Morgan fingerprint density at radius 1 is 1.71 bits per heavy atom. The Morgan fingerprint density at radius 3 is 3.00 bits per heavy atom. The van der Waals surface area contributed by atoms with Crippen molar-refractivity contribution in [3.05, 3.63) is 15.5 Å². The summed E-state index contributed by atoms with van der Waals surface area (Å²) in [4.78, 5) is 4.20. The van der Waals surface area contributed by atoms with Gasteiger partial charge >= 0.3 is 0 Å². The second-order valence-electron chi connectivity index (χ2n) is 3.00. The SMILES string of the molecule is CCC(CSC)NCc1ncc(Cl)s1. The third-order valence-electron chi connectivity index (χ3n) is 1.93. The van der Waals surface area contributed by atoms with Crippen LogP contribution in [0, 0.1) is 0 Å². The molecule has 14 heavy (non-hydrogen) atoms. The van der Waals surface area contributed by atoms with Crippen LogP contribution in [-0.2, 0) is 6.54 Å². The Labute approximate surface area is 98.5 Å². The van der Waals surface area contributed by atoms with Gasteiger partial charge in [-0.3, -0.25) is 0 Å². The molecule has 5 heteroatoms. The van der Waals surface area contributed by atoms with E-state index in [1.807, 2.05) is 11.8 Å². The predicted molar refractivity (Wildman–Crippen MR) is 66.4 cm³/mol. The van der Waals surface area contributed by atoms with Gasteiger partial charge in [0.2, 0.25) is 0 Å². The summed E-state index contributed by atoms with van der Waals surface area (Å²) in [5.41, 5.74) is 0. The van der Waals surface area contributed by atoms with E-state index in [1.54, 1.807) is 17.5 Å². The Kier molecular flexibility index (Phi) is 5.86. The molecule has 1 aromatic rings. The number of aromatic nitrogens is 1. The van der Waals surface area contributed by atoms with Gasteiger partial charge in [0.05, 0.1) is 6.20 Å².